The van der Waals surface area contributed by atoms with Crippen molar-refractivity contribution in [3.05, 3.63) is 106 Å². The fourth-order valence-corrected chi connectivity index (χ4v) is 15.0. The van der Waals surface area contributed by atoms with Gasteiger partial charge in [-0.3, -0.25) is 4.79 Å². The Balaban J connectivity index is 0.000000193. The fraction of sp³-hybridized carbons (Fsp3) is 0.672. The number of aliphatic carboxylic acids is 1. The molecule has 3 amide bonds. The van der Waals surface area contributed by atoms with Crippen molar-refractivity contribution in [3.63, 3.8) is 0 Å². The number of hydrogen-bond acceptors (Lipinski definition) is 11. The predicted octanol–water partition coefficient (Wildman–Crippen LogP) is 12.4. The van der Waals surface area contributed by atoms with E-state index in [1.807, 2.05) is 41.5 Å². The van der Waals surface area contributed by atoms with Crippen molar-refractivity contribution in [2.75, 3.05) is 19.8 Å². The Morgan fingerprint density at radius 1 is 0.718 bits per heavy atom. The van der Waals surface area contributed by atoms with Crippen LogP contribution in [0, 0.1) is 83.0 Å². The first-order valence-electron chi connectivity index (χ1n) is 31.2. The van der Waals surface area contributed by atoms with Gasteiger partial charge in [0.25, 0.3) is 5.91 Å². The summed E-state index contributed by atoms with van der Waals surface area (Å²) in [5, 5.41) is 23.0. The third-order valence-electron chi connectivity index (χ3n) is 20.2. The number of likely N-dealkylation sites (tertiary alicyclic amines) is 1. The lowest BCUT2D eigenvalue weighted by atomic mass is 9.43. The van der Waals surface area contributed by atoms with Gasteiger partial charge >= 0.3 is 32.4 Å². The van der Waals surface area contributed by atoms with E-state index in [0.29, 0.717) is 61.0 Å². The van der Waals surface area contributed by atoms with Crippen LogP contribution >= 0.6 is 0 Å². The minimum Gasteiger partial charge on any atom is -0.477 e. The number of carboxylic acids is 1. The van der Waals surface area contributed by atoms with E-state index in [-0.39, 0.29) is 81.5 Å². The molecular weight excluding hydrogens is 1070 g/mol. The summed E-state index contributed by atoms with van der Waals surface area (Å²) in [6, 6.07) is 18.1. The maximum absolute atomic E-state index is 13.2. The maximum atomic E-state index is 13.2. The van der Waals surface area contributed by atoms with Crippen molar-refractivity contribution < 1.29 is 52.4 Å². The molecule has 3 N–H and O–H groups in total. The Bertz CT molecular complexity index is 2880. The van der Waals surface area contributed by atoms with Crippen LogP contribution in [0.1, 0.15) is 170 Å². The van der Waals surface area contributed by atoms with E-state index >= 15 is 0 Å². The largest absolute Gasteiger partial charge is 0.482 e. The molecule has 7 saturated carbocycles. The second-order valence-corrected chi connectivity index (χ2v) is 29.5. The Morgan fingerprint density at radius 3 is 1.55 bits per heavy atom. The number of hydrogen-bond donors (Lipinski definition) is 3. The zero-order valence-corrected chi connectivity index (χ0v) is 53.2. The van der Waals surface area contributed by atoms with Gasteiger partial charge in [0.05, 0.1) is 54.5 Å². The highest BCUT2D eigenvalue weighted by Crippen LogP contribution is 2.67. The number of amides is 3. The number of allylic oxidation sites excluding steroid dienone is 2. The summed E-state index contributed by atoms with van der Waals surface area (Å²) >= 11 is 0. The number of carboxylic acid groups (broad SMARTS) is 1. The highest BCUT2D eigenvalue weighted by Gasteiger charge is 2.70. The average Bonchev–Trinajstić information content (AvgIpc) is 1.70. The molecule has 18 heteroatoms. The molecule has 3 heterocycles. The first-order chi connectivity index (χ1) is 39.8. The average molecular weight is 1170 g/mol. The summed E-state index contributed by atoms with van der Waals surface area (Å²) in [6.45, 7) is 38.0. The van der Waals surface area contributed by atoms with Crippen LogP contribution in [0.25, 0.3) is 4.85 Å². The van der Waals surface area contributed by atoms with Gasteiger partial charge in [0.15, 0.2) is 0 Å². The molecule has 0 spiro atoms. The number of nitrogens with zero attached hydrogens (tertiary/aromatic N) is 3. The minimum absolute atomic E-state index is 0.00784. The van der Waals surface area contributed by atoms with E-state index < -0.39 is 32.2 Å². The Kier molecular flexibility index (Phi) is 20.0. The van der Waals surface area contributed by atoms with E-state index in [1.54, 1.807) is 17.0 Å². The van der Waals surface area contributed by atoms with Crippen molar-refractivity contribution in [3.8, 4) is 6.07 Å². The van der Waals surface area contributed by atoms with E-state index in [2.05, 4.69) is 119 Å². The molecule has 16 nitrogen and oxygen atoms in total. The number of alkyl carbamates (subject to hydrolysis) is 2. The Hall–Kier alpha value is -5.65. The highest BCUT2D eigenvalue weighted by atomic mass is 16.7. The fourth-order valence-electron chi connectivity index (χ4n) is 15.0. The van der Waals surface area contributed by atoms with Crippen molar-refractivity contribution >= 4 is 38.3 Å². The monoisotopic (exact) mass is 1170 g/mol. The van der Waals surface area contributed by atoms with Crippen LogP contribution in [0.4, 0.5) is 9.59 Å². The molecule has 10 fully saturated rings. The summed E-state index contributed by atoms with van der Waals surface area (Å²) in [6.07, 6.45) is 14.3. The Labute approximate surface area is 507 Å². The van der Waals surface area contributed by atoms with Crippen molar-refractivity contribution in [1.82, 2.24) is 15.5 Å². The molecule has 3 saturated heterocycles. The highest BCUT2D eigenvalue weighted by molar-refractivity contribution is 6.48. The van der Waals surface area contributed by atoms with Gasteiger partial charge in [0, 0.05) is 6.54 Å². The standard InChI is InChI=1S/C33H46BN3O5.C26H38BNO4.C8H11NO2/c1-21-11-13-22(14-12-21)16-28(34-41-27-18-23-17-26(32(23,5)6)33(27,7)42-34)36-30(39)40-20-24-10-9-15-37(24)29(38)25(35-8)19-31(2,3)4;1-17-9-11-18(12-10-17)13-23(28-24(29)30-16-19-7-5-6-8-19)27-31-22-15-20-14-21(25(20,2)3)26(22,4)32-27;1-8(2,3)4-6(5-9)7(10)11/h11-14,19,23-24,26-28H,9-10,15-18,20H2,1-7H3,(H,36,39);9-12,19-23H,5-8,13-16H2,1-4H3,(H,28,29);4H,1-3H3,(H,10,11)/t23-,24+,26-,27+,28-,33-;20-,21-,22+,23-,26-;/m00./s1. The number of nitriles is 1. The summed E-state index contributed by atoms with van der Waals surface area (Å²) < 4.78 is 37.8. The first kappa shape index (κ1) is 65.3. The van der Waals surface area contributed by atoms with Gasteiger partial charge in [-0.1, -0.05) is 154 Å². The van der Waals surface area contributed by atoms with Crippen LogP contribution in [0.2, 0.25) is 0 Å². The molecule has 11 atom stereocenters. The number of aryl methyl sites for hydroxylation is 2. The second-order valence-electron chi connectivity index (χ2n) is 29.5. The van der Waals surface area contributed by atoms with E-state index in [4.69, 9.17) is 45.0 Å². The van der Waals surface area contributed by atoms with E-state index in [9.17, 15) is 19.2 Å². The summed E-state index contributed by atoms with van der Waals surface area (Å²) in [7, 11) is -1.04. The third-order valence-corrected chi connectivity index (χ3v) is 20.2. The topological polar surface area (TPSA) is 199 Å². The molecule has 10 aliphatic rings. The van der Waals surface area contributed by atoms with Crippen molar-refractivity contribution in [2.45, 2.75) is 215 Å². The maximum Gasteiger partial charge on any atom is 0.482 e. The van der Waals surface area contributed by atoms with Crippen molar-refractivity contribution in [1.29, 1.82) is 5.26 Å². The van der Waals surface area contributed by atoms with Gasteiger partial charge in [0.1, 0.15) is 18.2 Å². The molecule has 85 heavy (non-hydrogen) atoms. The summed E-state index contributed by atoms with van der Waals surface area (Å²) in [5.74, 6) is 0.580. The predicted molar refractivity (Wildman–Crippen MR) is 328 cm³/mol. The number of carbonyl (C=O) groups is 4. The minimum atomic E-state index is -1.16. The van der Waals surface area contributed by atoms with Gasteiger partial charge in [-0.25, -0.2) is 19.2 Å². The van der Waals surface area contributed by atoms with Crippen LogP contribution in [-0.4, -0.2) is 109 Å². The molecule has 4 bridgehead atoms. The van der Waals surface area contributed by atoms with Crippen LogP contribution in [0.3, 0.4) is 0 Å². The van der Waals surface area contributed by atoms with Gasteiger partial charge in [-0.15, -0.1) is 0 Å². The SMILES string of the molecule is CC(C)(C)C=C(C#N)C(=O)O.Cc1ccc(C[C@H](NC(=O)OCC2CCCC2)B2O[C@@H]3C[C@@H]4C[C@@H](C4(C)C)[C@]3(C)O2)cc1.[C-]#[N+]C(=CC(C)(C)C)C(=O)N1CCC[C@@H]1COC(=O)N[C@@H](Cc1ccc(C)cc1)B1O[C@@H]2C[C@@H]3C[C@@H](C3(C)C)[C@]2(C)O1. The first-order valence-corrected chi connectivity index (χ1v) is 31.2. The number of benzene rings is 2. The summed E-state index contributed by atoms with van der Waals surface area (Å²) in [5.41, 5.74) is 3.85. The molecule has 0 radical (unpaired) electrons. The van der Waals surface area contributed by atoms with Gasteiger partial charge in [-0.2, -0.15) is 5.26 Å². The summed E-state index contributed by atoms with van der Waals surface area (Å²) in [4.78, 5) is 54.6. The normalized spacial score (nSPS) is 29.6. The number of carbonyl (C=O) groups excluding carboxylic acids is 3. The Morgan fingerprint density at radius 2 is 1.16 bits per heavy atom. The molecule has 2 aromatic carbocycles. The van der Waals surface area contributed by atoms with Crippen LogP contribution in [0.5, 0.6) is 0 Å². The smallest absolute Gasteiger partial charge is 0.477 e. The third kappa shape index (κ3) is 15.2. The molecule has 7 aliphatic carbocycles. The van der Waals surface area contributed by atoms with Crippen LogP contribution < -0.4 is 10.6 Å². The zero-order chi connectivity index (χ0) is 62.0. The number of nitrogens with one attached hydrogen (secondary N) is 2. The molecule has 12 rings (SSSR count). The van der Waals surface area contributed by atoms with E-state index in [0.717, 1.165) is 56.1 Å². The zero-order valence-electron chi connectivity index (χ0n) is 53.2. The van der Waals surface area contributed by atoms with Gasteiger partial charge < -0.3 is 48.7 Å². The lowest BCUT2D eigenvalue weighted by molar-refractivity contribution is -0.199. The van der Waals surface area contributed by atoms with Gasteiger partial charge in [0.2, 0.25) is 5.70 Å². The number of ether oxygens (including phenoxy) is 2. The molecule has 0 unspecified atom stereocenters. The lowest BCUT2D eigenvalue weighted by Gasteiger charge is -2.64. The molecular formula is C67H95B2N5O11. The van der Waals surface area contributed by atoms with Crippen LogP contribution in [0.15, 0.2) is 72.0 Å². The van der Waals surface area contributed by atoms with E-state index in [1.165, 1.54) is 36.5 Å². The van der Waals surface area contributed by atoms with Crippen LogP contribution in [-0.2, 0) is 50.5 Å². The molecule has 460 valence electrons. The van der Waals surface area contributed by atoms with Gasteiger partial charge in [-0.05, 0) is 154 Å². The quantitative estimate of drug-likeness (QED) is 0.0701. The lowest BCUT2D eigenvalue weighted by Crippen LogP contribution is -2.65. The molecule has 2 aromatic rings. The van der Waals surface area contributed by atoms with Crippen molar-refractivity contribution in [2.24, 2.45) is 51.2 Å². The molecule has 3 aliphatic heterocycles. The second kappa shape index (κ2) is 26.0. The number of rotatable bonds is 14. The molecule has 0 aromatic heterocycles.